The lowest BCUT2D eigenvalue weighted by Gasteiger charge is -2.47. The van der Waals surface area contributed by atoms with E-state index in [-0.39, 0.29) is 34.5 Å². The molecule has 13 heteroatoms. The summed E-state index contributed by atoms with van der Waals surface area (Å²) >= 11 is 2.55. The SMILES string of the molecule is O=C(c1csc(C2CC2)n1)N1CCOC2(CCN(Cc3cc(F)cc(CCNC[C@H](O)c4ccc(O)c5[nH]c(=O)sc45)c3)CC2)C1. The number of morpholine rings is 1. The van der Waals surface area contributed by atoms with Crippen LogP contribution >= 0.6 is 22.7 Å². The number of ether oxygens (including phenoxy) is 1. The molecule has 2 saturated heterocycles. The second-order valence-electron chi connectivity index (χ2n) is 12.7. The summed E-state index contributed by atoms with van der Waals surface area (Å²) in [5.74, 6) is 0.243. The van der Waals surface area contributed by atoms with E-state index >= 15 is 0 Å². The van der Waals surface area contributed by atoms with Gasteiger partial charge in [0.1, 0.15) is 22.8 Å². The van der Waals surface area contributed by atoms with Crippen LogP contribution in [0.4, 0.5) is 4.39 Å². The molecular formula is C33H38FN5O5S2. The number of carbonyl (C=O) groups is 1. The summed E-state index contributed by atoms with van der Waals surface area (Å²) in [6.07, 6.45) is 3.68. The Bertz CT molecular complexity index is 1780. The maximum atomic E-state index is 14.6. The molecule has 4 N–H and O–H groups in total. The molecule has 2 aromatic carbocycles. The second-order valence-corrected chi connectivity index (χ2v) is 14.6. The number of nitrogens with zero attached hydrogens (tertiary/aromatic N) is 3. The number of rotatable bonds is 10. The van der Waals surface area contributed by atoms with E-state index in [9.17, 15) is 24.2 Å². The molecule has 4 aromatic rings. The molecule has 3 fully saturated rings. The van der Waals surface area contributed by atoms with Crippen LogP contribution in [0.5, 0.6) is 5.75 Å². The molecule has 244 valence electrons. The molecule has 2 aromatic heterocycles. The summed E-state index contributed by atoms with van der Waals surface area (Å²) in [5, 5.41) is 27.0. The highest BCUT2D eigenvalue weighted by Gasteiger charge is 2.41. The van der Waals surface area contributed by atoms with Crippen molar-refractivity contribution in [3.8, 4) is 5.75 Å². The summed E-state index contributed by atoms with van der Waals surface area (Å²) in [7, 11) is 0. The van der Waals surface area contributed by atoms with Crippen molar-refractivity contribution in [3.63, 3.8) is 0 Å². The van der Waals surface area contributed by atoms with E-state index < -0.39 is 6.10 Å². The zero-order chi connectivity index (χ0) is 31.8. The van der Waals surface area contributed by atoms with Crippen LogP contribution in [0.1, 0.15) is 69.9 Å². The van der Waals surface area contributed by atoms with Crippen LogP contribution in [0, 0.1) is 5.82 Å². The normalized spacial score (nSPS) is 19.2. The Kier molecular flexibility index (Phi) is 8.96. The number of aromatic amines is 1. The van der Waals surface area contributed by atoms with Gasteiger partial charge in [0, 0.05) is 49.6 Å². The average molecular weight is 668 g/mol. The fourth-order valence-electron chi connectivity index (χ4n) is 6.60. The van der Waals surface area contributed by atoms with Crippen molar-refractivity contribution in [2.45, 2.75) is 56.3 Å². The Morgan fingerprint density at radius 1 is 1.20 bits per heavy atom. The minimum atomic E-state index is -0.870. The van der Waals surface area contributed by atoms with Gasteiger partial charge in [-0.05, 0) is 68.0 Å². The highest BCUT2D eigenvalue weighted by Crippen LogP contribution is 2.41. The molecule has 7 rings (SSSR count). The molecule has 3 aliphatic rings. The molecule has 2 aliphatic heterocycles. The quantitative estimate of drug-likeness (QED) is 0.186. The summed E-state index contributed by atoms with van der Waals surface area (Å²) in [4.78, 5) is 36.2. The number of hydrogen-bond donors (Lipinski definition) is 4. The van der Waals surface area contributed by atoms with Gasteiger partial charge in [-0.25, -0.2) is 9.37 Å². The standard InChI is InChI=1S/C33H38FN5O5S2/c34-23-14-20(5-8-35-16-27(41)24-3-4-26(40)28-29(24)46-32(43)37-28)13-21(15-23)17-38-9-6-33(7-10-38)19-39(11-12-44-33)31(42)25-18-45-30(36-25)22-1-2-22/h3-4,13-15,18,22,27,35,40-41H,1-2,5-12,16-17,19H2,(H,37,43)/t27-/m0/s1. The maximum absolute atomic E-state index is 14.6. The summed E-state index contributed by atoms with van der Waals surface area (Å²) in [6, 6.07) is 8.26. The Morgan fingerprint density at radius 2 is 2.00 bits per heavy atom. The Labute approximate surface area is 273 Å². The van der Waals surface area contributed by atoms with Crippen LogP contribution in [0.3, 0.4) is 0 Å². The van der Waals surface area contributed by atoms with Crippen molar-refractivity contribution in [1.82, 2.24) is 25.1 Å². The second kappa shape index (κ2) is 13.1. The van der Waals surface area contributed by atoms with Crippen molar-refractivity contribution in [3.05, 3.63) is 78.6 Å². The van der Waals surface area contributed by atoms with Crippen LogP contribution in [0.25, 0.3) is 10.2 Å². The number of aliphatic hydroxyl groups is 1. The van der Waals surface area contributed by atoms with Gasteiger partial charge in [0.05, 0.1) is 34.6 Å². The number of phenols is 1. The maximum Gasteiger partial charge on any atom is 0.305 e. The summed E-state index contributed by atoms with van der Waals surface area (Å²) in [6.45, 7) is 4.70. The molecule has 10 nitrogen and oxygen atoms in total. The van der Waals surface area contributed by atoms with Gasteiger partial charge in [0.2, 0.25) is 0 Å². The number of aromatic nitrogens is 2. The van der Waals surface area contributed by atoms with Crippen LogP contribution in [0.15, 0.2) is 40.5 Å². The average Bonchev–Trinajstić information content (AvgIpc) is 3.63. The molecule has 0 radical (unpaired) electrons. The number of likely N-dealkylation sites (tertiary alicyclic amines) is 1. The van der Waals surface area contributed by atoms with Crippen molar-refractivity contribution in [2.75, 3.05) is 45.9 Å². The van der Waals surface area contributed by atoms with Gasteiger partial charge >= 0.3 is 4.87 Å². The lowest BCUT2D eigenvalue weighted by atomic mass is 9.89. The smallest absolute Gasteiger partial charge is 0.305 e. The minimum absolute atomic E-state index is 0.00111. The third-order valence-corrected chi connectivity index (χ3v) is 11.2. The predicted molar refractivity (Wildman–Crippen MR) is 175 cm³/mol. The Hall–Kier alpha value is -3.20. The first-order chi connectivity index (χ1) is 22.2. The molecule has 1 saturated carbocycles. The van der Waals surface area contributed by atoms with Crippen molar-refractivity contribution < 1.29 is 24.1 Å². The third-order valence-electron chi connectivity index (χ3n) is 9.27. The fourth-order valence-corrected chi connectivity index (χ4v) is 8.48. The monoisotopic (exact) mass is 667 g/mol. The number of nitrogens with one attached hydrogen (secondary N) is 2. The van der Waals surface area contributed by atoms with E-state index in [1.165, 1.54) is 18.9 Å². The van der Waals surface area contributed by atoms with Gasteiger partial charge < -0.3 is 30.2 Å². The van der Waals surface area contributed by atoms with Crippen LogP contribution in [-0.4, -0.2) is 87.4 Å². The van der Waals surface area contributed by atoms with E-state index in [4.69, 9.17) is 4.74 Å². The van der Waals surface area contributed by atoms with Crippen LogP contribution < -0.4 is 10.2 Å². The number of benzene rings is 2. The van der Waals surface area contributed by atoms with Gasteiger partial charge in [0.25, 0.3) is 5.91 Å². The van der Waals surface area contributed by atoms with Crippen molar-refractivity contribution >= 4 is 38.8 Å². The van der Waals surface area contributed by atoms with E-state index in [1.807, 2.05) is 16.3 Å². The van der Waals surface area contributed by atoms with Gasteiger partial charge in [-0.15, -0.1) is 11.3 Å². The Balaban J connectivity index is 0.894. The third kappa shape index (κ3) is 6.90. The predicted octanol–water partition coefficient (Wildman–Crippen LogP) is 4.14. The Morgan fingerprint density at radius 3 is 2.80 bits per heavy atom. The number of aliphatic hydroxyl groups excluding tert-OH is 1. The molecule has 1 atom stereocenters. The van der Waals surface area contributed by atoms with E-state index in [1.54, 1.807) is 29.5 Å². The zero-order valence-corrected chi connectivity index (χ0v) is 27.1. The van der Waals surface area contributed by atoms with E-state index in [0.717, 1.165) is 53.4 Å². The first kappa shape index (κ1) is 31.4. The number of phenolic OH excluding ortho intramolecular Hbond substituents is 1. The van der Waals surface area contributed by atoms with Crippen molar-refractivity contribution in [2.24, 2.45) is 0 Å². The highest BCUT2D eigenvalue weighted by molar-refractivity contribution is 7.16. The van der Waals surface area contributed by atoms with Crippen molar-refractivity contribution in [1.29, 1.82) is 0 Å². The fraction of sp³-hybridized carbons (Fsp3) is 0.485. The number of halogens is 1. The lowest BCUT2D eigenvalue weighted by molar-refractivity contribution is -0.128. The molecular weight excluding hydrogens is 630 g/mol. The number of aromatic hydroxyl groups is 1. The molecule has 4 heterocycles. The number of amides is 1. The lowest BCUT2D eigenvalue weighted by Crippen LogP contribution is -2.58. The summed E-state index contributed by atoms with van der Waals surface area (Å²) < 4.78 is 21.5. The number of H-pyrrole nitrogens is 1. The first-order valence-corrected chi connectivity index (χ1v) is 17.6. The highest BCUT2D eigenvalue weighted by atomic mass is 32.1. The molecule has 46 heavy (non-hydrogen) atoms. The molecule has 1 amide bonds. The number of carbonyl (C=O) groups excluding carboxylic acids is 1. The minimum Gasteiger partial charge on any atom is -0.506 e. The summed E-state index contributed by atoms with van der Waals surface area (Å²) in [5.41, 5.74) is 2.90. The van der Waals surface area contributed by atoms with E-state index in [2.05, 4.69) is 20.2 Å². The number of piperidine rings is 1. The first-order valence-electron chi connectivity index (χ1n) is 15.9. The van der Waals surface area contributed by atoms with Crippen LogP contribution in [0.2, 0.25) is 0 Å². The topological polar surface area (TPSA) is 131 Å². The molecule has 0 unspecified atom stereocenters. The van der Waals surface area contributed by atoms with Gasteiger partial charge in [-0.3, -0.25) is 14.5 Å². The molecule has 1 aliphatic carbocycles. The van der Waals surface area contributed by atoms with E-state index in [0.29, 0.717) is 66.6 Å². The number of thiazole rings is 2. The van der Waals surface area contributed by atoms with Gasteiger partial charge in [0.15, 0.2) is 0 Å². The van der Waals surface area contributed by atoms with Gasteiger partial charge in [-0.1, -0.05) is 23.5 Å². The number of hydrogen-bond acceptors (Lipinski definition) is 10. The zero-order valence-electron chi connectivity index (χ0n) is 25.5. The molecule has 1 spiro atoms. The molecule has 0 bridgehead atoms. The van der Waals surface area contributed by atoms with Crippen LogP contribution in [-0.2, 0) is 17.7 Å². The number of fused-ring (bicyclic) bond motifs is 1. The van der Waals surface area contributed by atoms with Gasteiger partial charge in [-0.2, -0.15) is 0 Å². The largest absolute Gasteiger partial charge is 0.506 e.